The zero-order valence-corrected chi connectivity index (χ0v) is 63.3. The number of aliphatic hydroxyl groups is 10. The summed E-state index contributed by atoms with van der Waals surface area (Å²) in [7, 11) is 1.59. The topological polar surface area (TPSA) is 389 Å². The van der Waals surface area contributed by atoms with Gasteiger partial charge in [-0.15, -0.1) is 0 Å². The molecule has 25 unspecified atom stereocenters. The Hall–Kier alpha value is -5.80. The minimum absolute atomic E-state index is 0.0337. The summed E-state index contributed by atoms with van der Waals surface area (Å²) < 4.78 is 18.1. The number of esters is 1. The zero-order valence-electron chi connectivity index (χ0n) is 63.3. The van der Waals surface area contributed by atoms with Gasteiger partial charge in [0.15, 0.2) is 12.1 Å². The van der Waals surface area contributed by atoms with Crippen molar-refractivity contribution in [2.45, 2.75) is 273 Å². The van der Waals surface area contributed by atoms with Crippen LogP contribution in [0, 0.1) is 64.6 Å². The molecular weight excluding hydrogens is 1300 g/mol. The summed E-state index contributed by atoms with van der Waals surface area (Å²) in [4.78, 5) is 80.5. The number of methoxy groups -OCH3 is 1. The Labute approximate surface area is 600 Å². The minimum Gasteiger partial charge on any atom is -0.480 e. The highest BCUT2D eigenvalue weighted by Gasteiger charge is 2.44. The molecule has 3 amide bonds. The monoisotopic (exact) mass is 1430 g/mol. The number of carboxylic acids is 1. The van der Waals surface area contributed by atoms with Crippen LogP contribution >= 0.6 is 0 Å². The highest BCUT2D eigenvalue weighted by molar-refractivity contribution is 5.94. The Bertz CT molecular complexity index is 2890. The molecule has 2 aliphatic heterocycles. The number of aliphatic hydroxyl groups excluding tert-OH is 10. The number of carbonyl (C=O) groups excluding carboxylic acids is 5. The summed E-state index contributed by atoms with van der Waals surface area (Å²) in [6.07, 6.45) is 9.44. The van der Waals surface area contributed by atoms with Gasteiger partial charge in [-0.2, -0.15) is 0 Å². The molecule has 1 fully saturated rings. The first-order valence-corrected chi connectivity index (χ1v) is 35.9. The van der Waals surface area contributed by atoms with Crippen LogP contribution in [0.2, 0.25) is 0 Å². The first-order chi connectivity index (χ1) is 47.0. The number of ether oxygens (including phenoxy) is 3. The molecule has 2 bridgehead atoms. The first kappa shape index (κ1) is 91.3. The smallest absolute Gasteiger partial charge is 0.338 e. The van der Waals surface area contributed by atoms with Crippen LogP contribution in [-0.4, -0.2) is 202 Å². The van der Waals surface area contributed by atoms with E-state index < -0.39 is 168 Å². The van der Waals surface area contributed by atoms with Gasteiger partial charge in [0, 0.05) is 48.2 Å². The minimum atomic E-state index is -2.59. The van der Waals surface area contributed by atoms with E-state index in [1.807, 2.05) is 39.8 Å². The van der Waals surface area contributed by atoms with Crippen molar-refractivity contribution < 1.29 is 99.1 Å². The lowest BCUT2D eigenvalue weighted by molar-refractivity contribution is -0.174. The number of carbonyl (C=O) groups is 6. The number of carboxylic acid groups (broad SMARTS) is 1. The van der Waals surface area contributed by atoms with Gasteiger partial charge in [0.25, 0.3) is 0 Å². The molecule has 574 valence electrons. The van der Waals surface area contributed by atoms with E-state index in [4.69, 9.17) is 14.2 Å². The standard InChI is InChI=1S/C78H127N3O20/c1-42(2)36-57(79-64(87)34-35-78(17,18)74(94)54(15)67(88)43(3)4)71(92)50(11)40-48(9)69(90)46(7)31-33-59(84)53(14)75(95)81-65(55(16)82)73-52(13)58(83)32-30-45(6)68(89)47(8)39-49(10)70(91)51(12)60(85)41-56-37-44(5)38-62(100-56)61(99-19)28-26-24-22-20-21-23-25-27-29-63(86)80-66(76(96)97)72(93)77(98)101-73/h20-30,34-35,39-40,42-44,46-47,50-62,65-73,82-85,88-93H,31-33,36-38,41H2,1-19H3,(H,79,87)(H,80,86)(H,81,95)(H,96,97). The average molecular weight is 1430 g/mol. The highest BCUT2D eigenvalue weighted by atomic mass is 16.6. The van der Waals surface area contributed by atoms with Gasteiger partial charge in [-0.1, -0.05) is 162 Å². The van der Waals surface area contributed by atoms with Crippen molar-refractivity contribution in [3.63, 3.8) is 0 Å². The third-order valence-corrected chi connectivity index (χ3v) is 19.9. The van der Waals surface area contributed by atoms with E-state index >= 15 is 0 Å². The van der Waals surface area contributed by atoms with Gasteiger partial charge < -0.3 is 86.3 Å². The van der Waals surface area contributed by atoms with Crippen LogP contribution < -0.4 is 16.0 Å². The van der Waals surface area contributed by atoms with Crippen molar-refractivity contribution >= 4 is 35.4 Å². The lowest BCUT2D eigenvalue weighted by Gasteiger charge is -2.38. The predicted octanol–water partition coefficient (Wildman–Crippen LogP) is 6.77. The summed E-state index contributed by atoms with van der Waals surface area (Å²) in [6, 6.07) is -4.63. The Balaban J connectivity index is 2.49. The number of hydrogen-bond donors (Lipinski definition) is 14. The molecular formula is C78H127N3O20. The van der Waals surface area contributed by atoms with Crippen molar-refractivity contribution in [3.8, 4) is 0 Å². The number of nitrogens with one attached hydrogen (secondary N) is 3. The number of cyclic esters (lactones) is 1. The van der Waals surface area contributed by atoms with Crippen LogP contribution in [0.3, 0.4) is 0 Å². The first-order valence-electron chi connectivity index (χ1n) is 35.9. The Morgan fingerprint density at radius 1 is 0.733 bits per heavy atom. The fourth-order valence-corrected chi connectivity index (χ4v) is 13.0. The maximum absolute atomic E-state index is 14.2. The normalized spacial score (nSPS) is 29.9. The molecule has 23 heteroatoms. The number of fused-ring (bicyclic) bond motifs is 2. The van der Waals surface area contributed by atoms with E-state index in [0.717, 1.165) is 12.5 Å². The van der Waals surface area contributed by atoms with Crippen molar-refractivity contribution in [1.82, 2.24) is 16.0 Å². The number of allylic oxidation sites excluding steroid dienone is 9. The molecule has 2 rings (SSSR count). The summed E-state index contributed by atoms with van der Waals surface area (Å²) >= 11 is 0. The molecule has 0 radical (unpaired) electrons. The van der Waals surface area contributed by atoms with Gasteiger partial charge in [-0.3, -0.25) is 19.2 Å². The van der Waals surface area contributed by atoms with Gasteiger partial charge in [0.2, 0.25) is 17.7 Å². The largest absolute Gasteiger partial charge is 0.480 e. The molecule has 0 aromatic carbocycles. The molecule has 2 aliphatic rings. The molecule has 2 heterocycles. The average Bonchev–Trinajstić information content (AvgIpc) is 0.838. The predicted molar refractivity (Wildman–Crippen MR) is 389 cm³/mol. The Kier molecular flexibility index (Phi) is 39.9. The number of amides is 3. The Morgan fingerprint density at radius 2 is 1.33 bits per heavy atom. The maximum Gasteiger partial charge on any atom is 0.338 e. The van der Waals surface area contributed by atoms with Crippen molar-refractivity contribution in [2.75, 3.05) is 7.11 Å². The van der Waals surface area contributed by atoms with E-state index in [2.05, 4.69) is 22.9 Å². The second-order valence-electron chi connectivity index (χ2n) is 30.2. The van der Waals surface area contributed by atoms with Gasteiger partial charge in [0.05, 0.1) is 85.1 Å². The lowest BCUT2D eigenvalue weighted by Crippen LogP contribution is -2.58. The molecule has 0 aromatic rings. The Morgan fingerprint density at radius 3 is 1.89 bits per heavy atom. The second-order valence-corrected chi connectivity index (χ2v) is 30.2. The van der Waals surface area contributed by atoms with Crippen molar-refractivity contribution in [3.05, 3.63) is 108 Å². The highest BCUT2D eigenvalue weighted by Crippen LogP contribution is 2.34. The summed E-state index contributed by atoms with van der Waals surface area (Å²) in [6.45, 7) is 30.6. The molecule has 0 spiro atoms. The molecule has 14 N–H and O–H groups in total. The SMILES string of the molecule is COC1C=CC=CC=CC=CC=CC(=O)NC(C(=O)O)C(O)C(=O)OC(C(NC(=O)C(C)C(O)CCC(C)C(O)C(C)=CC(C)C(O)C(CC(C)C)NC(=O)C=CC(C)(C)C(=O)C(C)C(O)C(C)C)C(C)O)C(C)C(O)CC=C(C)C(O)C(C)C=C(C)C(O)C(C)C(O)CC2CC(C)CC1O2. The number of ketones is 1. The van der Waals surface area contributed by atoms with E-state index in [1.54, 1.807) is 119 Å². The van der Waals surface area contributed by atoms with Gasteiger partial charge in [-0.25, -0.2) is 9.59 Å². The molecule has 25 atom stereocenters. The van der Waals surface area contributed by atoms with Crippen LogP contribution in [0.1, 0.15) is 170 Å². The molecule has 0 saturated carbocycles. The van der Waals surface area contributed by atoms with Gasteiger partial charge >= 0.3 is 11.9 Å². The van der Waals surface area contributed by atoms with Gasteiger partial charge in [0.1, 0.15) is 18.0 Å². The number of rotatable bonds is 24. The van der Waals surface area contributed by atoms with Gasteiger partial charge in [-0.05, 0) is 133 Å². The van der Waals surface area contributed by atoms with Crippen LogP contribution in [0.5, 0.6) is 0 Å². The maximum atomic E-state index is 14.2. The van der Waals surface area contributed by atoms with Crippen LogP contribution in [-0.2, 0) is 43.0 Å². The number of Topliss-reactive ketones (excluding diaryl/α,β-unsaturated/α-hetero) is 1. The molecule has 1 saturated heterocycles. The van der Waals surface area contributed by atoms with E-state index in [-0.39, 0.29) is 61.4 Å². The third kappa shape index (κ3) is 30.1. The van der Waals surface area contributed by atoms with E-state index in [0.29, 0.717) is 29.6 Å². The van der Waals surface area contributed by atoms with Crippen LogP contribution in [0.4, 0.5) is 0 Å². The molecule has 101 heavy (non-hydrogen) atoms. The fourth-order valence-electron chi connectivity index (χ4n) is 13.0. The summed E-state index contributed by atoms with van der Waals surface area (Å²) in [5.74, 6) is -11.4. The number of aliphatic carboxylic acids is 1. The van der Waals surface area contributed by atoms with E-state index in [1.165, 1.54) is 51.2 Å². The van der Waals surface area contributed by atoms with Crippen LogP contribution in [0.25, 0.3) is 0 Å². The molecule has 0 aliphatic carbocycles. The van der Waals surface area contributed by atoms with E-state index in [9.17, 15) is 84.9 Å². The second kappa shape index (κ2) is 44.1. The molecule has 23 nitrogen and oxygen atoms in total. The van der Waals surface area contributed by atoms with Crippen molar-refractivity contribution in [1.29, 1.82) is 0 Å². The third-order valence-electron chi connectivity index (χ3n) is 19.9. The number of hydrogen-bond acceptors (Lipinski definition) is 19. The lowest BCUT2D eigenvalue weighted by atomic mass is 9.77. The summed E-state index contributed by atoms with van der Waals surface area (Å²) in [5, 5.41) is 132. The van der Waals surface area contributed by atoms with Crippen molar-refractivity contribution in [2.24, 2.45) is 64.6 Å². The summed E-state index contributed by atoms with van der Waals surface area (Å²) in [5.41, 5.74) is 0.290. The molecule has 0 aromatic heterocycles. The van der Waals surface area contributed by atoms with Crippen LogP contribution in [0.15, 0.2) is 108 Å². The zero-order chi connectivity index (χ0) is 77.1. The quantitative estimate of drug-likeness (QED) is 0.0269. The fraction of sp³-hybridized carbons (Fsp3) is 0.692.